The van der Waals surface area contributed by atoms with E-state index >= 15 is 0 Å². The van der Waals surface area contributed by atoms with Gasteiger partial charge in [-0.3, -0.25) is 14.7 Å². The number of fused-ring (bicyclic) bond motifs is 1. The average Bonchev–Trinajstić information content (AvgIpc) is 2.94. The fraction of sp³-hybridized carbons (Fsp3) is 0.0909. The van der Waals surface area contributed by atoms with E-state index < -0.39 is 0 Å². The summed E-state index contributed by atoms with van der Waals surface area (Å²) in [5, 5.41) is 0. The predicted octanol–water partition coefficient (Wildman–Crippen LogP) is 4.29. The predicted molar refractivity (Wildman–Crippen MR) is 99.4 cm³/mol. The zero-order chi connectivity index (χ0) is 17.1. The highest BCUT2D eigenvalue weighted by atomic mass is 16.2. The lowest BCUT2D eigenvalue weighted by Gasteiger charge is -2.17. The van der Waals surface area contributed by atoms with Crippen LogP contribution >= 0.6 is 0 Å². The van der Waals surface area contributed by atoms with Gasteiger partial charge in [-0.25, -0.2) is 0 Å². The number of hydrogen-bond acceptors (Lipinski definition) is 2. The van der Waals surface area contributed by atoms with Crippen LogP contribution in [0.5, 0.6) is 0 Å². The molecular formula is C22H18N2O. The first kappa shape index (κ1) is 15.3. The molecule has 3 nitrogen and oxygen atoms in total. The lowest BCUT2D eigenvalue weighted by Crippen LogP contribution is -2.30. The lowest BCUT2D eigenvalue weighted by atomic mass is 10.1. The molecule has 3 aromatic carbocycles. The smallest absolute Gasteiger partial charge is 0.260 e. The van der Waals surface area contributed by atoms with Crippen LogP contribution in [0.4, 0.5) is 0 Å². The van der Waals surface area contributed by atoms with Crippen molar-refractivity contribution in [3.63, 3.8) is 0 Å². The van der Waals surface area contributed by atoms with Crippen LogP contribution in [-0.2, 0) is 13.1 Å². The maximum atomic E-state index is 12.9. The largest absolute Gasteiger partial charge is 0.288 e. The van der Waals surface area contributed by atoms with E-state index in [0.29, 0.717) is 13.1 Å². The minimum atomic E-state index is 0.0197. The maximum Gasteiger partial charge on any atom is 0.260 e. The number of amidine groups is 1. The maximum absolute atomic E-state index is 12.9. The summed E-state index contributed by atoms with van der Waals surface area (Å²) in [5.41, 5.74) is 3.87. The van der Waals surface area contributed by atoms with E-state index in [1.165, 1.54) is 0 Å². The normalized spacial score (nSPS) is 14.8. The fourth-order valence-electron chi connectivity index (χ4n) is 3.08. The number of aliphatic imine (C=N–C) groups is 1. The average molecular weight is 326 g/mol. The zero-order valence-electron chi connectivity index (χ0n) is 13.8. The second kappa shape index (κ2) is 6.73. The molecule has 1 heterocycles. The Hall–Kier alpha value is -3.20. The molecule has 0 saturated carbocycles. The van der Waals surface area contributed by atoms with Crippen molar-refractivity contribution < 1.29 is 4.79 Å². The highest BCUT2D eigenvalue weighted by Crippen LogP contribution is 2.25. The Balaban J connectivity index is 1.70. The summed E-state index contributed by atoms with van der Waals surface area (Å²) in [4.78, 5) is 19.4. The molecule has 4 rings (SSSR count). The Morgan fingerprint density at radius 1 is 0.680 bits per heavy atom. The fourth-order valence-corrected chi connectivity index (χ4v) is 3.08. The van der Waals surface area contributed by atoms with Crippen molar-refractivity contribution in [2.24, 2.45) is 4.99 Å². The SMILES string of the molecule is O=C1c2ccccc2C(=NCc2ccccc2)N1Cc1ccccc1. The molecule has 0 N–H and O–H groups in total. The van der Waals surface area contributed by atoms with Gasteiger partial charge in [-0.15, -0.1) is 0 Å². The van der Waals surface area contributed by atoms with Gasteiger partial charge >= 0.3 is 0 Å². The van der Waals surface area contributed by atoms with Crippen molar-refractivity contribution in [1.29, 1.82) is 0 Å². The summed E-state index contributed by atoms with van der Waals surface area (Å²) in [5.74, 6) is 0.777. The van der Waals surface area contributed by atoms with Crippen LogP contribution in [0.1, 0.15) is 27.0 Å². The molecule has 0 aliphatic carbocycles. The molecule has 0 bridgehead atoms. The first-order valence-corrected chi connectivity index (χ1v) is 8.36. The molecule has 1 amide bonds. The number of carbonyl (C=O) groups is 1. The lowest BCUT2D eigenvalue weighted by molar-refractivity contribution is 0.0852. The topological polar surface area (TPSA) is 32.7 Å². The number of benzene rings is 3. The van der Waals surface area contributed by atoms with Crippen LogP contribution in [0.25, 0.3) is 0 Å². The minimum Gasteiger partial charge on any atom is -0.288 e. The van der Waals surface area contributed by atoms with E-state index in [4.69, 9.17) is 4.99 Å². The zero-order valence-corrected chi connectivity index (χ0v) is 13.8. The molecule has 3 aromatic rings. The van der Waals surface area contributed by atoms with Gasteiger partial charge in [-0.05, 0) is 17.2 Å². The summed E-state index contributed by atoms with van der Waals surface area (Å²) in [6.07, 6.45) is 0. The third-order valence-electron chi connectivity index (χ3n) is 4.34. The van der Waals surface area contributed by atoms with Gasteiger partial charge in [0, 0.05) is 5.56 Å². The third kappa shape index (κ3) is 3.09. The van der Waals surface area contributed by atoms with Crippen LogP contribution in [0, 0.1) is 0 Å². The molecule has 0 fully saturated rings. The second-order valence-electron chi connectivity index (χ2n) is 6.05. The van der Waals surface area contributed by atoms with Gasteiger partial charge in [0.05, 0.1) is 18.7 Å². The molecule has 0 unspecified atom stereocenters. The van der Waals surface area contributed by atoms with Gasteiger partial charge in [0.15, 0.2) is 0 Å². The van der Waals surface area contributed by atoms with Crippen LogP contribution in [0.2, 0.25) is 0 Å². The quantitative estimate of drug-likeness (QED) is 0.704. The van der Waals surface area contributed by atoms with E-state index in [9.17, 15) is 4.79 Å². The monoisotopic (exact) mass is 326 g/mol. The molecule has 0 atom stereocenters. The van der Waals surface area contributed by atoms with Crippen molar-refractivity contribution in [1.82, 2.24) is 4.90 Å². The van der Waals surface area contributed by atoms with E-state index in [-0.39, 0.29) is 5.91 Å². The first-order chi connectivity index (χ1) is 12.3. The Morgan fingerprint density at radius 2 is 1.24 bits per heavy atom. The molecule has 122 valence electrons. The van der Waals surface area contributed by atoms with Crippen LogP contribution in [0.3, 0.4) is 0 Å². The van der Waals surface area contributed by atoms with Crippen LogP contribution in [0.15, 0.2) is 89.9 Å². The highest BCUT2D eigenvalue weighted by Gasteiger charge is 2.33. The summed E-state index contributed by atoms with van der Waals surface area (Å²) in [7, 11) is 0. The van der Waals surface area contributed by atoms with E-state index in [1.54, 1.807) is 4.90 Å². The number of amides is 1. The Morgan fingerprint density at radius 3 is 1.92 bits per heavy atom. The Bertz CT molecular complexity index is 917. The molecule has 0 aromatic heterocycles. The van der Waals surface area contributed by atoms with Gasteiger partial charge in [-0.2, -0.15) is 0 Å². The summed E-state index contributed by atoms with van der Waals surface area (Å²) in [6.45, 7) is 1.09. The van der Waals surface area contributed by atoms with Crippen molar-refractivity contribution in [2.75, 3.05) is 0 Å². The second-order valence-corrected chi connectivity index (χ2v) is 6.05. The van der Waals surface area contributed by atoms with Gasteiger partial charge in [0.2, 0.25) is 0 Å². The van der Waals surface area contributed by atoms with Crippen LogP contribution in [-0.4, -0.2) is 16.6 Å². The molecule has 1 aliphatic rings. The number of hydrogen-bond donors (Lipinski definition) is 0. The van der Waals surface area contributed by atoms with Gasteiger partial charge < -0.3 is 0 Å². The van der Waals surface area contributed by atoms with Crippen molar-refractivity contribution in [2.45, 2.75) is 13.1 Å². The number of rotatable bonds is 4. The number of carbonyl (C=O) groups excluding carboxylic acids is 1. The molecule has 1 aliphatic heterocycles. The molecule has 25 heavy (non-hydrogen) atoms. The van der Waals surface area contributed by atoms with E-state index in [1.807, 2.05) is 84.9 Å². The number of nitrogens with zero attached hydrogens (tertiary/aromatic N) is 2. The van der Waals surface area contributed by atoms with E-state index in [0.717, 1.165) is 28.1 Å². The highest BCUT2D eigenvalue weighted by molar-refractivity contribution is 6.23. The van der Waals surface area contributed by atoms with Crippen molar-refractivity contribution >= 4 is 11.7 Å². The van der Waals surface area contributed by atoms with Crippen LogP contribution < -0.4 is 0 Å². The van der Waals surface area contributed by atoms with Crippen molar-refractivity contribution in [3.8, 4) is 0 Å². The van der Waals surface area contributed by atoms with Gasteiger partial charge in [-0.1, -0.05) is 78.9 Å². The first-order valence-electron chi connectivity index (χ1n) is 8.36. The Kier molecular flexibility index (Phi) is 4.13. The Labute approximate surface area is 147 Å². The molecule has 3 heteroatoms. The third-order valence-corrected chi connectivity index (χ3v) is 4.34. The van der Waals surface area contributed by atoms with E-state index in [2.05, 4.69) is 0 Å². The minimum absolute atomic E-state index is 0.0197. The van der Waals surface area contributed by atoms with Crippen molar-refractivity contribution in [3.05, 3.63) is 107 Å². The standard InChI is InChI=1S/C22H18N2O/c25-22-20-14-8-7-13-19(20)21(23-15-17-9-3-1-4-10-17)24(22)16-18-11-5-2-6-12-18/h1-14H,15-16H2. The molecule has 0 spiro atoms. The molecule has 0 radical (unpaired) electrons. The summed E-state index contributed by atoms with van der Waals surface area (Å²) < 4.78 is 0. The van der Waals surface area contributed by atoms with Gasteiger partial charge in [0.1, 0.15) is 5.84 Å². The molecule has 0 saturated heterocycles. The summed E-state index contributed by atoms with van der Waals surface area (Å²) >= 11 is 0. The molecular weight excluding hydrogens is 308 g/mol. The summed E-state index contributed by atoms with van der Waals surface area (Å²) in [6, 6.07) is 27.8. The van der Waals surface area contributed by atoms with Gasteiger partial charge in [0.25, 0.3) is 5.91 Å².